The number of halogens is 2. The number of hydrogen-bond donors (Lipinski definition) is 0. The van der Waals surface area contributed by atoms with Gasteiger partial charge in [-0.3, -0.25) is 0 Å². The molecule has 4 saturated carbocycles. The number of ether oxygens (including phenoxy) is 3. The largest absolute Gasteiger partial charge is 0.743 e. The molecule has 0 aromatic rings. The predicted octanol–water partition coefficient (Wildman–Crippen LogP) is 0.989. The molecule has 4 aliphatic carbocycles. The number of alkyl halides is 2. The summed E-state index contributed by atoms with van der Waals surface area (Å²) < 4.78 is 75.5. The molecule has 2 unspecified atom stereocenters. The maximum Gasteiger partial charge on any atom is 0.428 e. The molecule has 136 valence electrons. The molecule has 10 heteroatoms. The molecule has 24 heavy (non-hydrogen) atoms. The fourth-order valence-corrected chi connectivity index (χ4v) is 5.50. The molecule has 0 radical (unpaired) electrons. The Balaban J connectivity index is 1.59. The van der Waals surface area contributed by atoms with E-state index < -0.39 is 32.7 Å². The smallest absolute Gasteiger partial charge is 0.428 e. The van der Waals surface area contributed by atoms with Crippen LogP contribution in [0.25, 0.3) is 0 Å². The summed E-state index contributed by atoms with van der Waals surface area (Å²) in [5, 5.41) is -5.08. The minimum Gasteiger partial charge on any atom is -0.743 e. The van der Waals surface area contributed by atoms with Crippen LogP contribution in [-0.4, -0.2) is 48.8 Å². The first-order valence-electron chi connectivity index (χ1n) is 7.93. The van der Waals surface area contributed by atoms with Crippen molar-refractivity contribution in [3.8, 4) is 0 Å². The lowest BCUT2D eigenvalue weighted by molar-refractivity contribution is -0.316. The van der Waals surface area contributed by atoms with E-state index in [9.17, 15) is 26.5 Å². The molecule has 0 amide bonds. The molecule has 5 rings (SSSR count). The van der Waals surface area contributed by atoms with Gasteiger partial charge in [-0.05, 0) is 38.0 Å². The molecule has 1 heterocycles. The minimum atomic E-state index is -6.11. The SMILES string of the molecule is O=C(OC12CC3CC(C1)C1(OCCO1)C(C3)C2)C(F)(F)S(=O)(=O)[O-]. The van der Waals surface area contributed by atoms with Gasteiger partial charge in [0.25, 0.3) is 0 Å². The van der Waals surface area contributed by atoms with Crippen LogP contribution in [0.4, 0.5) is 8.78 Å². The number of carbonyl (C=O) groups excluding carboxylic acids is 1. The number of carbonyl (C=O) groups is 1. The van der Waals surface area contributed by atoms with Gasteiger partial charge in [-0.2, -0.15) is 8.78 Å². The molecule has 0 aromatic heterocycles. The highest BCUT2D eigenvalue weighted by atomic mass is 32.2. The predicted molar refractivity (Wildman–Crippen MR) is 71.7 cm³/mol. The van der Waals surface area contributed by atoms with Crippen molar-refractivity contribution in [2.75, 3.05) is 13.2 Å². The van der Waals surface area contributed by atoms with Crippen molar-refractivity contribution >= 4 is 16.1 Å². The molecule has 7 nitrogen and oxygen atoms in total. The Morgan fingerprint density at radius 1 is 1.12 bits per heavy atom. The summed E-state index contributed by atoms with van der Waals surface area (Å²) in [5.41, 5.74) is -1.16. The third kappa shape index (κ3) is 2.16. The first kappa shape index (κ1) is 16.6. The lowest BCUT2D eigenvalue weighted by Gasteiger charge is -2.62. The maximum absolute atomic E-state index is 13.5. The Morgan fingerprint density at radius 3 is 2.17 bits per heavy atom. The van der Waals surface area contributed by atoms with E-state index in [1.54, 1.807) is 0 Å². The summed E-state index contributed by atoms with van der Waals surface area (Å²) in [7, 11) is -6.11. The highest BCUT2D eigenvalue weighted by molar-refractivity contribution is 7.87. The fourth-order valence-electron chi connectivity index (χ4n) is 5.25. The van der Waals surface area contributed by atoms with Crippen LogP contribution in [0, 0.1) is 17.8 Å². The van der Waals surface area contributed by atoms with Crippen molar-refractivity contribution < 1.29 is 40.8 Å². The van der Waals surface area contributed by atoms with E-state index in [0.717, 1.165) is 12.8 Å². The number of hydrogen-bond acceptors (Lipinski definition) is 7. The van der Waals surface area contributed by atoms with Crippen molar-refractivity contribution in [3.05, 3.63) is 0 Å². The number of rotatable bonds is 3. The second kappa shape index (κ2) is 4.87. The Hall–Kier alpha value is -0.840. The molecule has 1 aliphatic heterocycles. The third-order valence-corrected chi connectivity index (χ3v) is 6.67. The second-order valence-electron chi connectivity index (χ2n) is 7.31. The third-order valence-electron chi connectivity index (χ3n) is 5.87. The summed E-state index contributed by atoms with van der Waals surface area (Å²) in [4.78, 5) is 11.7. The van der Waals surface area contributed by atoms with Gasteiger partial charge < -0.3 is 18.8 Å². The van der Waals surface area contributed by atoms with Crippen LogP contribution in [0.3, 0.4) is 0 Å². The van der Waals surface area contributed by atoms with Crippen molar-refractivity contribution in [1.82, 2.24) is 0 Å². The second-order valence-corrected chi connectivity index (χ2v) is 8.73. The van der Waals surface area contributed by atoms with Crippen molar-refractivity contribution in [2.24, 2.45) is 17.8 Å². The highest BCUT2D eigenvalue weighted by Gasteiger charge is 2.67. The standard InChI is InChI=1S/C14H18F2O7S/c15-14(16,24(18,19)20)11(17)23-12-5-8-3-9(6-12)13(10(4-8)7-12)21-1-2-22-13/h8-10H,1-7H2,(H,18,19,20)/p-1. The summed E-state index contributed by atoms with van der Waals surface area (Å²) in [6, 6.07) is 0. The van der Waals surface area contributed by atoms with Crippen LogP contribution in [0.5, 0.6) is 0 Å². The lowest BCUT2D eigenvalue weighted by Crippen LogP contribution is -2.65. The average molecular weight is 367 g/mol. The molecular weight excluding hydrogens is 350 g/mol. The lowest BCUT2D eigenvalue weighted by atomic mass is 9.51. The first-order valence-corrected chi connectivity index (χ1v) is 9.33. The molecule has 0 N–H and O–H groups in total. The number of esters is 1. The minimum absolute atomic E-state index is 0.0865. The van der Waals surface area contributed by atoms with E-state index in [2.05, 4.69) is 0 Å². The molecule has 4 bridgehead atoms. The van der Waals surface area contributed by atoms with Gasteiger partial charge in [0.1, 0.15) is 5.60 Å². The van der Waals surface area contributed by atoms with Gasteiger partial charge in [-0.1, -0.05) is 0 Å². The van der Waals surface area contributed by atoms with Gasteiger partial charge in [0.05, 0.1) is 13.2 Å². The summed E-state index contributed by atoms with van der Waals surface area (Å²) in [6.07, 6.45) is 2.55. The van der Waals surface area contributed by atoms with Crippen LogP contribution in [-0.2, 0) is 29.1 Å². The zero-order chi connectivity index (χ0) is 17.4. The van der Waals surface area contributed by atoms with Crippen LogP contribution < -0.4 is 0 Å². The quantitative estimate of drug-likeness (QED) is 0.541. The molecule has 0 aromatic carbocycles. The summed E-state index contributed by atoms with van der Waals surface area (Å²) >= 11 is 0. The van der Waals surface area contributed by atoms with E-state index in [1.165, 1.54) is 0 Å². The molecule has 5 aliphatic rings. The Kier molecular flexibility index (Phi) is 3.37. The van der Waals surface area contributed by atoms with Crippen molar-refractivity contribution in [2.45, 2.75) is 48.7 Å². The Bertz CT molecular complexity index is 653. The van der Waals surface area contributed by atoms with Crippen LogP contribution >= 0.6 is 0 Å². The molecule has 2 atom stereocenters. The Labute approximate surface area is 137 Å². The zero-order valence-electron chi connectivity index (χ0n) is 12.7. The van der Waals surface area contributed by atoms with Crippen LogP contribution in [0.2, 0.25) is 0 Å². The van der Waals surface area contributed by atoms with Gasteiger partial charge >= 0.3 is 11.2 Å². The topological polar surface area (TPSA) is 102 Å². The van der Waals surface area contributed by atoms with Crippen LogP contribution in [0.1, 0.15) is 32.1 Å². The van der Waals surface area contributed by atoms with Gasteiger partial charge in [-0.15, -0.1) is 0 Å². The van der Waals surface area contributed by atoms with Crippen molar-refractivity contribution in [1.29, 1.82) is 0 Å². The average Bonchev–Trinajstić information content (AvgIpc) is 2.93. The summed E-state index contributed by atoms with van der Waals surface area (Å²) in [6.45, 7) is 0.938. The van der Waals surface area contributed by atoms with Crippen molar-refractivity contribution in [3.63, 3.8) is 0 Å². The maximum atomic E-state index is 13.5. The van der Waals surface area contributed by atoms with E-state index in [0.29, 0.717) is 19.6 Å². The highest BCUT2D eigenvalue weighted by Crippen LogP contribution is 2.63. The normalized spacial score (nSPS) is 40.2. The summed E-state index contributed by atoms with van der Waals surface area (Å²) in [5.74, 6) is -3.00. The van der Waals surface area contributed by atoms with Gasteiger partial charge in [0.2, 0.25) is 0 Å². The fraction of sp³-hybridized carbons (Fsp3) is 0.929. The first-order chi connectivity index (χ1) is 11.1. The van der Waals surface area contributed by atoms with E-state index >= 15 is 0 Å². The Morgan fingerprint density at radius 2 is 1.67 bits per heavy atom. The van der Waals surface area contributed by atoms with E-state index in [-0.39, 0.29) is 30.6 Å². The molecule has 1 saturated heterocycles. The van der Waals surface area contributed by atoms with E-state index in [4.69, 9.17) is 14.2 Å². The molecular formula is C14H17F2O7S-. The molecule has 1 spiro atoms. The van der Waals surface area contributed by atoms with Crippen LogP contribution in [0.15, 0.2) is 0 Å². The van der Waals surface area contributed by atoms with Gasteiger partial charge in [0, 0.05) is 11.8 Å². The monoisotopic (exact) mass is 367 g/mol. The van der Waals surface area contributed by atoms with Gasteiger partial charge in [0.15, 0.2) is 15.9 Å². The van der Waals surface area contributed by atoms with E-state index in [1.807, 2.05) is 0 Å². The zero-order valence-corrected chi connectivity index (χ0v) is 13.5. The van der Waals surface area contributed by atoms with Gasteiger partial charge in [-0.25, -0.2) is 13.2 Å². The molecule has 5 fully saturated rings.